The maximum atomic E-state index is 9.75. The van der Waals surface area contributed by atoms with Gasteiger partial charge in [-0.15, -0.1) is 0 Å². The molecule has 0 amide bonds. The van der Waals surface area contributed by atoms with Crippen LogP contribution in [0.3, 0.4) is 0 Å². The molecule has 2 nitrogen and oxygen atoms in total. The van der Waals surface area contributed by atoms with Gasteiger partial charge < -0.3 is 10.0 Å². The van der Waals surface area contributed by atoms with E-state index in [1.807, 2.05) is 48.5 Å². The van der Waals surface area contributed by atoms with Crippen molar-refractivity contribution < 1.29 is 5.11 Å². The molecule has 3 aromatic rings. The normalized spacial score (nSPS) is 10.3. The Morgan fingerprint density at radius 1 is 0.667 bits per heavy atom. The van der Waals surface area contributed by atoms with Crippen molar-refractivity contribution in [2.45, 2.75) is 6.54 Å². The summed E-state index contributed by atoms with van der Waals surface area (Å²) >= 11 is 0. The number of para-hydroxylation sites is 1. The van der Waals surface area contributed by atoms with Crippen molar-refractivity contribution in [2.24, 2.45) is 0 Å². The van der Waals surface area contributed by atoms with Gasteiger partial charge in [0.15, 0.2) is 0 Å². The van der Waals surface area contributed by atoms with E-state index in [2.05, 4.69) is 29.2 Å². The second-order valence-corrected chi connectivity index (χ2v) is 4.93. The second kappa shape index (κ2) is 6.14. The number of phenols is 1. The van der Waals surface area contributed by atoms with Crippen LogP contribution in [0.1, 0.15) is 5.56 Å². The van der Waals surface area contributed by atoms with E-state index in [-0.39, 0.29) is 5.75 Å². The molecule has 0 heterocycles. The van der Waals surface area contributed by atoms with Crippen molar-refractivity contribution in [3.05, 3.63) is 90.5 Å². The van der Waals surface area contributed by atoms with Gasteiger partial charge in [-0.3, -0.25) is 0 Å². The van der Waals surface area contributed by atoms with Crippen LogP contribution in [0.4, 0.5) is 11.4 Å². The van der Waals surface area contributed by atoms with Crippen molar-refractivity contribution in [1.29, 1.82) is 0 Å². The van der Waals surface area contributed by atoms with Crippen LogP contribution in [-0.4, -0.2) is 5.11 Å². The summed E-state index contributed by atoms with van der Waals surface area (Å²) in [5.74, 6) is 0.279. The van der Waals surface area contributed by atoms with Crippen LogP contribution in [-0.2, 0) is 6.54 Å². The molecular weight excluding hydrogens is 258 g/mol. The van der Waals surface area contributed by atoms with Gasteiger partial charge in [-0.2, -0.15) is 0 Å². The molecule has 0 unspecified atom stereocenters. The topological polar surface area (TPSA) is 23.5 Å². The summed E-state index contributed by atoms with van der Waals surface area (Å²) in [6, 6.07) is 27.9. The smallest absolute Gasteiger partial charge is 0.117 e. The first-order valence-electron chi connectivity index (χ1n) is 6.98. The Morgan fingerprint density at radius 3 is 1.95 bits per heavy atom. The number of hydrogen-bond donors (Lipinski definition) is 1. The van der Waals surface area contributed by atoms with Gasteiger partial charge >= 0.3 is 0 Å². The fourth-order valence-electron chi connectivity index (χ4n) is 2.37. The Bertz CT molecular complexity index is 695. The van der Waals surface area contributed by atoms with Crippen LogP contribution >= 0.6 is 0 Å². The Morgan fingerprint density at radius 2 is 1.29 bits per heavy atom. The fourth-order valence-corrected chi connectivity index (χ4v) is 2.37. The van der Waals surface area contributed by atoms with Crippen LogP contribution < -0.4 is 4.90 Å². The average Bonchev–Trinajstić information content (AvgIpc) is 2.54. The molecule has 0 aliphatic heterocycles. The Hall–Kier alpha value is -2.74. The minimum Gasteiger partial charge on any atom is -0.508 e. The molecule has 3 rings (SSSR count). The highest BCUT2D eigenvalue weighted by atomic mass is 16.3. The van der Waals surface area contributed by atoms with Crippen LogP contribution in [0, 0.1) is 0 Å². The SMILES string of the molecule is Oc1cccc(N(Cc2ccccc2)c2ccccc2)c1. The van der Waals surface area contributed by atoms with E-state index in [9.17, 15) is 5.11 Å². The number of rotatable bonds is 4. The molecule has 104 valence electrons. The number of nitrogens with zero attached hydrogens (tertiary/aromatic N) is 1. The maximum absolute atomic E-state index is 9.75. The predicted octanol–water partition coefficient (Wildman–Crippen LogP) is 4.73. The number of anilines is 2. The molecule has 0 saturated carbocycles. The van der Waals surface area contributed by atoms with Crippen molar-refractivity contribution >= 4 is 11.4 Å². The van der Waals surface area contributed by atoms with Gasteiger partial charge in [0.05, 0.1) is 0 Å². The highest BCUT2D eigenvalue weighted by Crippen LogP contribution is 2.29. The van der Waals surface area contributed by atoms with E-state index < -0.39 is 0 Å². The molecule has 3 aromatic carbocycles. The summed E-state index contributed by atoms with van der Waals surface area (Å²) in [4.78, 5) is 2.19. The molecule has 0 aliphatic rings. The molecule has 0 aromatic heterocycles. The van der Waals surface area contributed by atoms with Crippen LogP contribution in [0.15, 0.2) is 84.9 Å². The zero-order valence-corrected chi connectivity index (χ0v) is 11.7. The quantitative estimate of drug-likeness (QED) is 0.744. The molecule has 0 aliphatic carbocycles. The summed E-state index contributed by atoms with van der Waals surface area (Å²) < 4.78 is 0. The van der Waals surface area contributed by atoms with Gasteiger partial charge in [-0.05, 0) is 29.8 Å². The zero-order valence-electron chi connectivity index (χ0n) is 11.7. The van der Waals surface area contributed by atoms with Gasteiger partial charge in [-0.25, -0.2) is 0 Å². The Labute approximate surface area is 124 Å². The van der Waals surface area contributed by atoms with Crippen LogP contribution in [0.25, 0.3) is 0 Å². The van der Waals surface area contributed by atoms with Crippen molar-refractivity contribution in [3.63, 3.8) is 0 Å². The van der Waals surface area contributed by atoms with E-state index in [0.29, 0.717) is 0 Å². The molecule has 0 radical (unpaired) electrons. The molecule has 0 fully saturated rings. The standard InChI is InChI=1S/C19H17NO/c21-19-13-7-12-18(14-19)20(17-10-5-2-6-11-17)15-16-8-3-1-4-9-16/h1-14,21H,15H2. The fraction of sp³-hybridized carbons (Fsp3) is 0.0526. The van der Waals surface area contributed by atoms with Gasteiger partial charge in [0.1, 0.15) is 5.75 Å². The van der Waals surface area contributed by atoms with Gasteiger partial charge in [-0.1, -0.05) is 54.6 Å². The zero-order chi connectivity index (χ0) is 14.5. The minimum absolute atomic E-state index is 0.279. The van der Waals surface area contributed by atoms with Gasteiger partial charge in [0.25, 0.3) is 0 Å². The lowest BCUT2D eigenvalue weighted by Gasteiger charge is -2.25. The van der Waals surface area contributed by atoms with E-state index in [1.165, 1.54) is 5.56 Å². The molecule has 0 saturated heterocycles. The number of hydrogen-bond acceptors (Lipinski definition) is 2. The third-order valence-corrected chi connectivity index (χ3v) is 3.39. The number of aromatic hydroxyl groups is 1. The van der Waals surface area contributed by atoms with Crippen molar-refractivity contribution in [1.82, 2.24) is 0 Å². The minimum atomic E-state index is 0.279. The lowest BCUT2D eigenvalue weighted by atomic mass is 10.1. The molecule has 21 heavy (non-hydrogen) atoms. The van der Waals surface area contributed by atoms with E-state index in [1.54, 1.807) is 12.1 Å². The van der Waals surface area contributed by atoms with Gasteiger partial charge in [0, 0.05) is 24.0 Å². The summed E-state index contributed by atoms with van der Waals surface area (Å²) in [7, 11) is 0. The maximum Gasteiger partial charge on any atom is 0.117 e. The van der Waals surface area contributed by atoms with E-state index >= 15 is 0 Å². The number of phenolic OH excluding ortho intramolecular Hbond substituents is 1. The largest absolute Gasteiger partial charge is 0.508 e. The van der Waals surface area contributed by atoms with Gasteiger partial charge in [0.2, 0.25) is 0 Å². The Balaban J connectivity index is 1.99. The molecule has 0 bridgehead atoms. The molecule has 0 spiro atoms. The van der Waals surface area contributed by atoms with Crippen LogP contribution in [0.5, 0.6) is 5.75 Å². The second-order valence-electron chi connectivity index (χ2n) is 4.93. The highest BCUT2D eigenvalue weighted by molar-refractivity contribution is 5.64. The van der Waals surface area contributed by atoms with Crippen molar-refractivity contribution in [3.8, 4) is 5.75 Å². The summed E-state index contributed by atoms with van der Waals surface area (Å²) in [5.41, 5.74) is 3.31. The third-order valence-electron chi connectivity index (χ3n) is 3.39. The van der Waals surface area contributed by atoms with Crippen LogP contribution in [0.2, 0.25) is 0 Å². The molecule has 2 heteroatoms. The first-order chi connectivity index (χ1) is 10.3. The first-order valence-corrected chi connectivity index (χ1v) is 6.98. The highest BCUT2D eigenvalue weighted by Gasteiger charge is 2.10. The van der Waals surface area contributed by atoms with Crippen molar-refractivity contribution in [2.75, 3.05) is 4.90 Å². The monoisotopic (exact) mass is 275 g/mol. The third kappa shape index (κ3) is 3.23. The van der Waals surface area contributed by atoms with E-state index in [4.69, 9.17) is 0 Å². The molecular formula is C19H17NO. The summed E-state index contributed by atoms with van der Waals surface area (Å²) in [6.45, 7) is 0.758. The van der Waals surface area contributed by atoms with E-state index in [0.717, 1.165) is 17.9 Å². The first kappa shape index (κ1) is 13.3. The molecule has 0 atom stereocenters. The number of benzene rings is 3. The lowest BCUT2D eigenvalue weighted by molar-refractivity contribution is 0.475. The summed E-state index contributed by atoms with van der Waals surface area (Å²) in [5, 5.41) is 9.75. The lowest BCUT2D eigenvalue weighted by Crippen LogP contribution is -2.16. The Kier molecular flexibility index (Phi) is 3.88. The average molecular weight is 275 g/mol. The molecule has 1 N–H and O–H groups in total. The summed E-state index contributed by atoms with van der Waals surface area (Å²) in [6.07, 6.45) is 0. The predicted molar refractivity (Wildman–Crippen MR) is 86.8 cm³/mol.